The van der Waals surface area contributed by atoms with Gasteiger partial charge in [-0.3, -0.25) is 0 Å². The van der Waals surface area contributed by atoms with Crippen LogP contribution in [0.5, 0.6) is 11.8 Å². The topological polar surface area (TPSA) is 70.3 Å². The molecule has 0 saturated carbocycles. The number of hydrogen-bond donors (Lipinski definition) is 1. The zero-order valence-electron chi connectivity index (χ0n) is 11.7. The summed E-state index contributed by atoms with van der Waals surface area (Å²) in [5.41, 5.74) is 7.91. The van der Waals surface area contributed by atoms with Gasteiger partial charge in [0.15, 0.2) is 0 Å². The molecule has 0 radical (unpaired) electrons. The molecule has 2 rings (SSSR count). The molecule has 5 nitrogen and oxygen atoms in total. The van der Waals surface area contributed by atoms with E-state index in [0.717, 1.165) is 10.5 Å². The van der Waals surface area contributed by atoms with Crippen LogP contribution < -0.4 is 15.2 Å². The first-order valence-electron chi connectivity index (χ1n) is 6.04. The highest BCUT2D eigenvalue weighted by Crippen LogP contribution is 2.31. The van der Waals surface area contributed by atoms with Crippen molar-refractivity contribution in [2.24, 2.45) is 5.73 Å². The second-order valence-electron chi connectivity index (χ2n) is 4.03. The fourth-order valence-corrected chi connectivity index (χ4v) is 2.54. The third kappa shape index (κ3) is 2.86. The maximum absolute atomic E-state index is 6.32. The van der Waals surface area contributed by atoms with Gasteiger partial charge in [-0.15, -0.1) is 11.8 Å². The van der Waals surface area contributed by atoms with Crippen molar-refractivity contribution in [2.75, 3.05) is 20.5 Å². The summed E-state index contributed by atoms with van der Waals surface area (Å²) in [4.78, 5) is 9.65. The van der Waals surface area contributed by atoms with Crippen molar-refractivity contribution in [1.82, 2.24) is 9.97 Å². The van der Waals surface area contributed by atoms with Crippen LogP contribution in [-0.2, 0) is 0 Å². The van der Waals surface area contributed by atoms with Crippen LogP contribution in [0, 0.1) is 0 Å². The monoisotopic (exact) mass is 291 g/mol. The first kappa shape index (κ1) is 14.6. The van der Waals surface area contributed by atoms with Gasteiger partial charge in [0.2, 0.25) is 11.8 Å². The highest BCUT2D eigenvalue weighted by atomic mass is 32.2. The van der Waals surface area contributed by atoms with E-state index in [2.05, 4.69) is 9.97 Å². The van der Waals surface area contributed by atoms with E-state index < -0.39 is 6.04 Å². The van der Waals surface area contributed by atoms with Gasteiger partial charge < -0.3 is 15.2 Å². The second kappa shape index (κ2) is 6.58. The average molecular weight is 291 g/mol. The molecule has 20 heavy (non-hydrogen) atoms. The number of rotatable bonds is 5. The van der Waals surface area contributed by atoms with E-state index in [-0.39, 0.29) is 0 Å². The van der Waals surface area contributed by atoms with Crippen LogP contribution in [0.25, 0.3) is 0 Å². The number of nitrogens with zero attached hydrogens (tertiary/aromatic N) is 2. The van der Waals surface area contributed by atoms with Crippen molar-refractivity contribution >= 4 is 11.8 Å². The number of hydrogen-bond acceptors (Lipinski definition) is 6. The zero-order valence-corrected chi connectivity index (χ0v) is 12.5. The fraction of sp³-hybridized carbons (Fsp3) is 0.286. The van der Waals surface area contributed by atoms with Gasteiger partial charge >= 0.3 is 0 Å². The third-order valence-electron chi connectivity index (χ3n) is 2.92. The predicted molar refractivity (Wildman–Crippen MR) is 79.4 cm³/mol. The number of benzene rings is 1. The Morgan fingerprint density at radius 2 is 1.95 bits per heavy atom. The molecule has 0 aliphatic carbocycles. The molecule has 6 heteroatoms. The summed E-state index contributed by atoms with van der Waals surface area (Å²) in [5, 5.41) is 0. The largest absolute Gasteiger partial charge is 0.480 e. The Balaban J connectivity index is 2.45. The van der Waals surface area contributed by atoms with Gasteiger partial charge in [0.05, 0.1) is 26.5 Å². The van der Waals surface area contributed by atoms with Crippen molar-refractivity contribution in [2.45, 2.75) is 10.9 Å². The summed E-state index contributed by atoms with van der Waals surface area (Å²) in [6, 6.07) is 7.56. The highest BCUT2D eigenvalue weighted by molar-refractivity contribution is 7.98. The molecule has 1 heterocycles. The smallest absolute Gasteiger partial charge is 0.240 e. The standard InChI is InChI=1S/C14H17N3O2S/c1-18-11-8-16-13(14(17-11)19-2)12(15)9-6-4-5-7-10(9)20-3/h4-8,12H,15H2,1-3H3. The average Bonchev–Trinajstić information content (AvgIpc) is 2.53. The number of thioether (sulfide) groups is 1. The first-order valence-corrected chi connectivity index (χ1v) is 7.27. The number of nitrogens with two attached hydrogens (primary N) is 1. The van der Waals surface area contributed by atoms with Crippen molar-refractivity contribution in [3.63, 3.8) is 0 Å². The van der Waals surface area contributed by atoms with Gasteiger partial charge in [0, 0.05) is 4.90 Å². The van der Waals surface area contributed by atoms with E-state index in [1.807, 2.05) is 30.5 Å². The molecule has 1 aromatic heterocycles. The first-order chi connectivity index (χ1) is 9.71. The summed E-state index contributed by atoms with van der Waals surface area (Å²) < 4.78 is 10.3. The lowest BCUT2D eigenvalue weighted by molar-refractivity contribution is 0.355. The SMILES string of the molecule is COc1cnc(C(N)c2ccccc2SC)c(OC)n1. The molecule has 106 valence electrons. The molecule has 1 atom stereocenters. The van der Waals surface area contributed by atoms with Gasteiger partial charge in [-0.05, 0) is 17.9 Å². The molecule has 0 aliphatic rings. The molecule has 0 spiro atoms. The Labute approximate surface area is 122 Å². The summed E-state index contributed by atoms with van der Waals surface area (Å²) in [7, 11) is 3.08. The lowest BCUT2D eigenvalue weighted by Gasteiger charge is -2.17. The van der Waals surface area contributed by atoms with Crippen LogP contribution in [0.2, 0.25) is 0 Å². The van der Waals surface area contributed by atoms with E-state index in [0.29, 0.717) is 17.5 Å². The molecular weight excluding hydrogens is 274 g/mol. The van der Waals surface area contributed by atoms with E-state index in [1.54, 1.807) is 25.1 Å². The van der Waals surface area contributed by atoms with Crippen molar-refractivity contribution in [1.29, 1.82) is 0 Å². The highest BCUT2D eigenvalue weighted by Gasteiger charge is 2.20. The second-order valence-corrected chi connectivity index (χ2v) is 4.87. The Morgan fingerprint density at radius 1 is 1.20 bits per heavy atom. The predicted octanol–water partition coefficient (Wildman–Crippen LogP) is 2.26. The summed E-state index contributed by atoms with van der Waals surface area (Å²) >= 11 is 1.65. The minimum absolute atomic E-state index is 0.382. The van der Waals surface area contributed by atoms with Crippen LogP contribution in [0.4, 0.5) is 0 Å². The lowest BCUT2D eigenvalue weighted by Crippen LogP contribution is -2.16. The maximum Gasteiger partial charge on any atom is 0.240 e. The normalized spacial score (nSPS) is 12.0. The third-order valence-corrected chi connectivity index (χ3v) is 3.73. The Kier molecular flexibility index (Phi) is 4.81. The molecule has 2 aromatic rings. The molecular formula is C14H17N3O2S. The van der Waals surface area contributed by atoms with E-state index in [9.17, 15) is 0 Å². The van der Waals surface area contributed by atoms with Crippen LogP contribution in [0.3, 0.4) is 0 Å². The van der Waals surface area contributed by atoms with Crippen molar-refractivity contribution < 1.29 is 9.47 Å². The molecule has 0 saturated heterocycles. The van der Waals surface area contributed by atoms with Gasteiger partial charge in [0.1, 0.15) is 5.69 Å². The fourth-order valence-electron chi connectivity index (χ4n) is 1.90. The minimum Gasteiger partial charge on any atom is -0.480 e. The molecule has 0 aliphatic heterocycles. The molecule has 0 bridgehead atoms. The lowest BCUT2D eigenvalue weighted by atomic mass is 10.0. The van der Waals surface area contributed by atoms with Crippen molar-refractivity contribution in [3.05, 3.63) is 41.7 Å². The van der Waals surface area contributed by atoms with Gasteiger partial charge in [0.25, 0.3) is 0 Å². The van der Waals surface area contributed by atoms with E-state index in [1.165, 1.54) is 7.11 Å². The quantitative estimate of drug-likeness (QED) is 0.852. The van der Waals surface area contributed by atoms with Crippen LogP contribution in [0.1, 0.15) is 17.3 Å². The van der Waals surface area contributed by atoms with Crippen LogP contribution in [-0.4, -0.2) is 30.4 Å². The Bertz CT molecular complexity index is 592. The summed E-state index contributed by atoms with van der Waals surface area (Å²) in [6.45, 7) is 0. The zero-order chi connectivity index (χ0) is 14.5. The Morgan fingerprint density at radius 3 is 2.60 bits per heavy atom. The number of aromatic nitrogens is 2. The minimum atomic E-state index is -0.396. The van der Waals surface area contributed by atoms with E-state index in [4.69, 9.17) is 15.2 Å². The molecule has 2 N–H and O–H groups in total. The van der Waals surface area contributed by atoms with Gasteiger partial charge in [-0.2, -0.15) is 4.98 Å². The van der Waals surface area contributed by atoms with Crippen molar-refractivity contribution in [3.8, 4) is 11.8 Å². The maximum atomic E-state index is 6.32. The molecule has 1 aromatic carbocycles. The van der Waals surface area contributed by atoms with Crippen LogP contribution in [0.15, 0.2) is 35.4 Å². The molecule has 0 fully saturated rings. The van der Waals surface area contributed by atoms with E-state index >= 15 is 0 Å². The molecule has 1 unspecified atom stereocenters. The number of methoxy groups -OCH3 is 2. The van der Waals surface area contributed by atoms with Gasteiger partial charge in [-0.25, -0.2) is 4.98 Å². The van der Waals surface area contributed by atoms with Gasteiger partial charge in [-0.1, -0.05) is 18.2 Å². The summed E-state index contributed by atoms with van der Waals surface area (Å²) in [6.07, 6.45) is 3.56. The van der Waals surface area contributed by atoms with Crippen LogP contribution >= 0.6 is 11.8 Å². The summed E-state index contributed by atoms with van der Waals surface area (Å²) in [5.74, 6) is 0.781. The Hall–Kier alpha value is -1.79. The molecule has 0 amide bonds. The number of ether oxygens (including phenoxy) is 2.